The highest BCUT2D eigenvalue weighted by molar-refractivity contribution is 5.94. The first-order valence-corrected chi connectivity index (χ1v) is 2.87. The van der Waals surface area contributed by atoms with Gasteiger partial charge in [-0.2, -0.15) is 0 Å². The summed E-state index contributed by atoms with van der Waals surface area (Å²) in [5, 5.41) is 8.59. The third-order valence-corrected chi connectivity index (χ3v) is 1.19. The monoisotopic (exact) mass is 128 g/mol. The highest BCUT2D eigenvalue weighted by Gasteiger charge is 2.01. The maximum absolute atomic E-state index is 10.6. The molecule has 0 radical (unpaired) electrons. The number of aliphatic hydroxyl groups excluding tert-OH is 1. The minimum atomic E-state index is -0.141. The minimum Gasteiger partial charge on any atom is -0.392 e. The van der Waals surface area contributed by atoms with Crippen LogP contribution in [-0.4, -0.2) is 17.5 Å². The zero-order chi connectivity index (χ0) is 7.44. The molecule has 0 aliphatic rings. The Hall–Kier alpha value is -0.630. The molecule has 9 heavy (non-hydrogen) atoms. The van der Waals surface area contributed by atoms with Crippen molar-refractivity contribution in [1.29, 1.82) is 0 Å². The molecule has 0 fully saturated rings. The normalized spacial score (nSPS) is 8.89. The second-order valence-corrected chi connectivity index (χ2v) is 2.19. The Morgan fingerprint density at radius 2 is 1.78 bits per heavy atom. The maximum Gasteiger partial charge on any atom is 0.158 e. The number of carbonyl (C=O) groups excluding carboxylic acids is 1. The minimum absolute atomic E-state index is 0.0440. The molecule has 0 aromatic rings. The van der Waals surface area contributed by atoms with Crippen LogP contribution in [0.1, 0.15) is 20.8 Å². The summed E-state index contributed by atoms with van der Waals surface area (Å²) in [6.07, 6.45) is 0. The molecule has 0 heterocycles. The fourth-order valence-corrected chi connectivity index (χ4v) is 0.622. The Morgan fingerprint density at radius 3 is 1.78 bits per heavy atom. The maximum atomic E-state index is 10.6. The molecule has 0 spiro atoms. The molecule has 52 valence electrons. The third-order valence-electron chi connectivity index (χ3n) is 1.19. The first-order valence-electron chi connectivity index (χ1n) is 2.87. The predicted octanol–water partition coefficient (Wildman–Crippen LogP) is 0.904. The lowest BCUT2D eigenvalue weighted by atomic mass is 10.1. The highest BCUT2D eigenvalue weighted by Crippen LogP contribution is 2.02. The number of hydrogen-bond donors (Lipinski definition) is 1. The second kappa shape index (κ2) is 3.41. The van der Waals surface area contributed by atoms with Gasteiger partial charge in [-0.15, -0.1) is 0 Å². The van der Waals surface area contributed by atoms with E-state index in [0.29, 0.717) is 5.57 Å². The summed E-state index contributed by atoms with van der Waals surface area (Å²) >= 11 is 0. The zero-order valence-electron chi connectivity index (χ0n) is 6.06. The van der Waals surface area contributed by atoms with Crippen LogP contribution >= 0.6 is 0 Å². The van der Waals surface area contributed by atoms with E-state index >= 15 is 0 Å². The molecule has 0 unspecified atom stereocenters. The van der Waals surface area contributed by atoms with Gasteiger partial charge in [0.15, 0.2) is 5.78 Å². The molecule has 1 N–H and O–H groups in total. The summed E-state index contributed by atoms with van der Waals surface area (Å²) in [4.78, 5) is 10.6. The number of aliphatic hydroxyl groups is 1. The van der Waals surface area contributed by atoms with E-state index in [1.165, 1.54) is 6.92 Å². The lowest BCUT2D eigenvalue weighted by molar-refractivity contribution is -0.114. The molecular formula is C7H12O2. The highest BCUT2D eigenvalue weighted by atomic mass is 16.3. The Morgan fingerprint density at radius 1 is 1.33 bits per heavy atom. The van der Waals surface area contributed by atoms with E-state index < -0.39 is 0 Å². The van der Waals surface area contributed by atoms with Gasteiger partial charge in [0.25, 0.3) is 0 Å². The van der Waals surface area contributed by atoms with Gasteiger partial charge in [0, 0.05) is 5.57 Å². The summed E-state index contributed by atoms with van der Waals surface area (Å²) in [6, 6.07) is 0. The van der Waals surface area contributed by atoms with E-state index in [2.05, 4.69) is 0 Å². The van der Waals surface area contributed by atoms with Crippen molar-refractivity contribution in [2.24, 2.45) is 0 Å². The molecule has 0 aromatic heterocycles. The van der Waals surface area contributed by atoms with Gasteiger partial charge in [0.2, 0.25) is 0 Å². The molecule has 2 heteroatoms. The van der Waals surface area contributed by atoms with Crippen LogP contribution in [0.3, 0.4) is 0 Å². The summed E-state index contributed by atoms with van der Waals surface area (Å²) in [6.45, 7) is 4.94. The van der Waals surface area contributed by atoms with Crippen molar-refractivity contribution in [3.8, 4) is 0 Å². The van der Waals surface area contributed by atoms with Crippen molar-refractivity contribution in [1.82, 2.24) is 0 Å². The van der Waals surface area contributed by atoms with Crippen molar-refractivity contribution in [3.63, 3.8) is 0 Å². The van der Waals surface area contributed by atoms with Crippen LogP contribution in [0, 0.1) is 0 Å². The van der Waals surface area contributed by atoms with Crippen molar-refractivity contribution in [2.75, 3.05) is 6.61 Å². The van der Waals surface area contributed by atoms with Crippen molar-refractivity contribution < 1.29 is 9.90 Å². The predicted molar refractivity (Wildman–Crippen MR) is 36.1 cm³/mol. The molecule has 0 amide bonds. The van der Waals surface area contributed by atoms with Gasteiger partial charge in [0.05, 0.1) is 6.61 Å². The van der Waals surface area contributed by atoms with Gasteiger partial charge in [0.1, 0.15) is 0 Å². The fraction of sp³-hybridized carbons (Fsp3) is 0.571. The quantitative estimate of drug-likeness (QED) is 0.561. The Kier molecular flexibility index (Phi) is 3.17. The first-order chi connectivity index (χ1) is 4.09. The summed E-state index contributed by atoms with van der Waals surface area (Å²) in [7, 11) is 0. The average molecular weight is 128 g/mol. The number of Topliss-reactive ketones (excluding diaryl/α,β-unsaturated/α-hetero) is 1. The zero-order valence-corrected chi connectivity index (χ0v) is 6.06. The molecule has 0 atom stereocenters. The van der Waals surface area contributed by atoms with Gasteiger partial charge < -0.3 is 5.11 Å². The van der Waals surface area contributed by atoms with Crippen molar-refractivity contribution >= 4 is 5.78 Å². The summed E-state index contributed by atoms with van der Waals surface area (Å²) < 4.78 is 0. The Labute approximate surface area is 55.2 Å². The topological polar surface area (TPSA) is 37.3 Å². The van der Waals surface area contributed by atoms with Crippen LogP contribution in [-0.2, 0) is 4.79 Å². The van der Waals surface area contributed by atoms with Gasteiger partial charge in [-0.3, -0.25) is 4.79 Å². The van der Waals surface area contributed by atoms with Crippen LogP contribution < -0.4 is 0 Å². The Balaban J connectivity index is 4.35. The lowest BCUT2D eigenvalue weighted by Gasteiger charge is -1.98. The number of rotatable bonds is 2. The van der Waals surface area contributed by atoms with E-state index in [-0.39, 0.29) is 12.4 Å². The molecule has 0 aliphatic carbocycles. The van der Waals surface area contributed by atoms with Crippen LogP contribution in [0.2, 0.25) is 0 Å². The van der Waals surface area contributed by atoms with Crippen LogP contribution in [0.5, 0.6) is 0 Å². The molecule has 0 aromatic carbocycles. The van der Waals surface area contributed by atoms with E-state index in [1.54, 1.807) is 0 Å². The molecule has 0 saturated heterocycles. The standard InChI is InChI=1S/C7H12O2/c1-5(2)7(4-8)6(3)9/h8H,4H2,1-3H3. The Bertz CT molecular complexity index is 141. The third kappa shape index (κ3) is 2.42. The second-order valence-electron chi connectivity index (χ2n) is 2.19. The lowest BCUT2D eigenvalue weighted by Crippen LogP contribution is -2.02. The van der Waals surface area contributed by atoms with Crippen LogP contribution in [0.15, 0.2) is 11.1 Å². The smallest absolute Gasteiger partial charge is 0.158 e. The number of ketones is 1. The molecular weight excluding hydrogens is 116 g/mol. The van der Waals surface area contributed by atoms with Crippen molar-refractivity contribution in [2.45, 2.75) is 20.8 Å². The van der Waals surface area contributed by atoms with Gasteiger partial charge >= 0.3 is 0 Å². The van der Waals surface area contributed by atoms with Crippen LogP contribution in [0.25, 0.3) is 0 Å². The van der Waals surface area contributed by atoms with E-state index in [9.17, 15) is 4.79 Å². The SMILES string of the molecule is CC(=O)C(CO)=C(C)C. The van der Waals surface area contributed by atoms with E-state index in [0.717, 1.165) is 5.57 Å². The number of allylic oxidation sites excluding steroid dienone is 1. The largest absolute Gasteiger partial charge is 0.392 e. The average Bonchev–Trinajstić information content (AvgIpc) is 1.64. The molecule has 0 aliphatic heterocycles. The summed E-state index contributed by atoms with van der Waals surface area (Å²) in [5.41, 5.74) is 1.42. The van der Waals surface area contributed by atoms with Crippen molar-refractivity contribution in [3.05, 3.63) is 11.1 Å². The van der Waals surface area contributed by atoms with Crippen LogP contribution in [0.4, 0.5) is 0 Å². The fourth-order valence-electron chi connectivity index (χ4n) is 0.622. The van der Waals surface area contributed by atoms with E-state index in [1.807, 2.05) is 13.8 Å². The van der Waals surface area contributed by atoms with E-state index in [4.69, 9.17) is 5.11 Å². The number of carbonyl (C=O) groups is 1. The molecule has 0 saturated carbocycles. The van der Waals surface area contributed by atoms with Gasteiger partial charge in [-0.05, 0) is 20.8 Å². The van der Waals surface area contributed by atoms with Gasteiger partial charge in [-0.25, -0.2) is 0 Å². The summed E-state index contributed by atoms with van der Waals surface area (Å²) in [5.74, 6) is -0.0440. The molecule has 2 nitrogen and oxygen atoms in total. The molecule has 0 rings (SSSR count). The van der Waals surface area contributed by atoms with Gasteiger partial charge in [-0.1, -0.05) is 5.57 Å². The first kappa shape index (κ1) is 8.37. The number of hydrogen-bond acceptors (Lipinski definition) is 2. The molecule has 0 bridgehead atoms.